The van der Waals surface area contributed by atoms with E-state index in [1.807, 2.05) is 19.1 Å². The van der Waals surface area contributed by atoms with E-state index in [2.05, 4.69) is 0 Å². The van der Waals surface area contributed by atoms with Gasteiger partial charge in [0.05, 0.1) is 12.5 Å². The maximum Gasteiger partial charge on any atom is 0.309 e. The molecule has 2 rings (SSSR count). The summed E-state index contributed by atoms with van der Waals surface area (Å²) in [6, 6.07) is 7.28. The molecule has 1 aromatic carbocycles. The molecule has 1 aliphatic rings. The van der Waals surface area contributed by atoms with Crippen molar-refractivity contribution in [1.29, 1.82) is 0 Å². The molecule has 1 saturated carbocycles. The average molecular weight is 248 g/mol. The minimum Gasteiger partial charge on any atom is -0.466 e. The van der Waals surface area contributed by atoms with Crippen molar-refractivity contribution >= 4 is 11.9 Å². The second-order valence-corrected chi connectivity index (χ2v) is 4.36. The second-order valence-electron chi connectivity index (χ2n) is 4.36. The van der Waals surface area contributed by atoms with Gasteiger partial charge in [0.2, 0.25) is 0 Å². The average Bonchev–Trinajstić information content (AvgIpc) is 3.09. The maximum atomic E-state index is 11.5. The molecule has 0 N–H and O–H groups in total. The molecule has 18 heavy (non-hydrogen) atoms. The summed E-state index contributed by atoms with van der Waals surface area (Å²) < 4.78 is 9.94. The Morgan fingerprint density at radius 2 is 1.94 bits per heavy atom. The van der Waals surface area contributed by atoms with Crippen LogP contribution in [0.15, 0.2) is 24.3 Å². The highest BCUT2D eigenvalue weighted by molar-refractivity contribution is 5.77. The molecule has 0 spiro atoms. The SMILES string of the molecule is CCOC(=O)C1CC1c1ccc(OC(C)=O)cc1. The fourth-order valence-electron chi connectivity index (χ4n) is 2.02. The number of esters is 2. The number of carbonyl (C=O) groups is 2. The molecule has 1 aromatic rings. The Kier molecular flexibility index (Phi) is 3.65. The summed E-state index contributed by atoms with van der Waals surface area (Å²) in [5.41, 5.74) is 1.09. The maximum absolute atomic E-state index is 11.5. The predicted molar refractivity (Wildman–Crippen MR) is 65.2 cm³/mol. The highest BCUT2D eigenvalue weighted by Crippen LogP contribution is 2.48. The van der Waals surface area contributed by atoms with E-state index >= 15 is 0 Å². The van der Waals surface area contributed by atoms with Gasteiger partial charge in [-0.05, 0) is 37.0 Å². The number of hydrogen-bond donors (Lipinski definition) is 0. The van der Waals surface area contributed by atoms with Crippen molar-refractivity contribution in [2.75, 3.05) is 6.61 Å². The zero-order valence-corrected chi connectivity index (χ0v) is 10.5. The third kappa shape index (κ3) is 2.88. The van der Waals surface area contributed by atoms with Gasteiger partial charge in [0.1, 0.15) is 5.75 Å². The minimum atomic E-state index is -0.335. The molecule has 0 amide bonds. The van der Waals surface area contributed by atoms with Crippen LogP contribution in [-0.4, -0.2) is 18.5 Å². The normalized spacial score (nSPS) is 21.2. The van der Waals surface area contributed by atoms with Crippen molar-refractivity contribution in [3.8, 4) is 5.75 Å². The van der Waals surface area contributed by atoms with Gasteiger partial charge < -0.3 is 9.47 Å². The number of rotatable bonds is 4. The summed E-state index contributed by atoms with van der Waals surface area (Å²) in [7, 11) is 0. The molecule has 2 atom stereocenters. The quantitative estimate of drug-likeness (QED) is 0.606. The van der Waals surface area contributed by atoms with Crippen molar-refractivity contribution in [2.45, 2.75) is 26.2 Å². The Labute approximate surface area is 106 Å². The standard InChI is InChI=1S/C14H16O4/c1-3-17-14(16)13-8-12(13)10-4-6-11(7-5-10)18-9(2)15/h4-7,12-13H,3,8H2,1-2H3. The monoisotopic (exact) mass is 248 g/mol. The van der Waals surface area contributed by atoms with Crippen LogP contribution in [0.2, 0.25) is 0 Å². The Balaban J connectivity index is 1.96. The van der Waals surface area contributed by atoms with Crippen molar-refractivity contribution in [3.05, 3.63) is 29.8 Å². The zero-order valence-electron chi connectivity index (χ0n) is 10.5. The van der Waals surface area contributed by atoms with Crippen molar-refractivity contribution in [3.63, 3.8) is 0 Å². The van der Waals surface area contributed by atoms with Crippen LogP contribution in [-0.2, 0) is 14.3 Å². The van der Waals surface area contributed by atoms with E-state index in [4.69, 9.17) is 9.47 Å². The first-order valence-electron chi connectivity index (χ1n) is 6.06. The van der Waals surface area contributed by atoms with Gasteiger partial charge in [-0.1, -0.05) is 12.1 Å². The molecule has 1 aliphatic carbocycles. The van der Waals surface area contributed by atoms with E-state index in [1.165, 1.54) is 6.92 Å². The van der Waals surface area contributed by atoms with Crippen LogP contribution >= 0.6 is 0 Å². The molecule has 0 aliphatic heterocycles. The van der Waals surface area contributed by atoms with Gasteiger partial charge in [0.25, 0.3) is 0 Å². The highest BCUT2D eigenvalue weighted by atomic mass is 16.5. The molecule has 0 radical (unpaired) electrons. The topological polar surface area (TPSA) is 52.6 Å². The smallest absolute Gasteiger partial charge is 0.309 e. The Morgan fingerprint density at radius 3 is 2.50 bits per heavy atom. The van der Waals surface area contributed by atoms with Gasteiger partial charge >= 0.3 is 11.9 Å². The van der Waals surface area contributed by atoms with E-state index in [1.54, 1.807) is 12.1 Å². The molecule has 2 unspecified atom stereocenters. The number of ether oxygens (including phenoxy) is 2. The number of benzene rings is 1. The summed E-state index contributed by atoms with van der Waals surface area (Å²) in [6.45, 7) is 3.60. The van der Waals surface area contributed by atoms with E-state index in [-0.39, 0.29) is 23.8 Å². The number of hydrogen-bond acceptors (Lipinski definition) is 4. The molecular weight excluding hydrogens is 232 g/mol. The highest BCUT2D eigenvalue weighted by Gasteiger charge is 2.45. The first-order valence-corrected chi connectivity index (χ1v) is 6.06. The van der Waals surface area contributed by atoms with Gasteiger partial charge in [0.15, 0.2) is 0 Å². The van der Waals surface area contributed by atoms with Gasteiger partial charge in [-0.2, -0.15) is 0 Å². The van der Waals surface area contributed by atoms with E-state index < -0.39 is 0 Å². The summed E-state index contributed by atoms with van der Waals surface area (Å²) in [6.07, 6.45) is 0.839. The molecule has 0 aromatic heterocycles. The summed E-state index contributed by atoms with van der Waals surface area (Å²) >= 11 is 0. The molecule has 0 heterocycles. The van der Waals surface area contributed by atoms with Crippen LogP contribution in [0.4, 0.5) is 0 Å². The summed E-state index contributed by atoms with van der Waals surface area (Å²) in [5, 5.41) is 0. The lowest BCUT2D eigenvalue weighted by Crippen LogP contribution is -2.07. The summed E-state index contributed by atoms with van der Waals surface area (Å²) in [4.78, 5) is 22.3. The summed E-state index contributed by atoms with van der Waals surface area (Å²) in [5.74, 6) is 0.310. The Hall–Kier alpha value is -1.84. The van der Waals surface area contributed by atoms with Crippen molar-refractivity contribution < 1.29 is 19.1 Å². The van der Waals surface area contributed by atoms with E-state index in [9.17, 15) is 9.59 Å². The lowest BCUT2D eigenvalue weighted by Gasteiger charge is -2.04. The molecule has 4 nitrogen and oxygen atoms in total. The first kappa shape index (κ1) is 12.6. The molecular formula is C14H16O4. The largest absolute Gasteiger partial charge is 0.466 e. The Morgan fingerprint density at radius 1 is 1.28 bits per heavy atom. The molecule has 4 heteroatoms. The molecule has 0 bridgehead atoms. The van der Waals surface area contributed by atoms with Gasteiger partial charge in [0, 0.05) is 6.92 Å². The third-order valence-electron chi connectivity index (χ3n) is 2.95. The Bertz CT molecular complexity index is 449. The molecule has 0 saturated heterocycles. The van der Waals surface area contributed by atoms with Gasteiger partial charge in [-0.15, -0.1) is 0 Å². The predicted octanol–water partition coefficient (Wildman–Crippen LogP) is 2.28. The zero-order chi connectivity index (χ0) is 13.1. The van der Waals surface area contributed by atoms with Crippen LogP contribution in [0, 0.1) is 5.92 Å². The van der Waals surface area contributed by atoms with Crippen LogP contribution in [0.1, 0.15) is 31.7 Å². The van der Waals surface area contributed by atoms with Crippen LogP contribution < -0.4 is 4.74 Å². The van der Waals surface area contributed by atoms with Crippen LogP contribution in [0.25, 0.3) is 0 Å². The van der Waals surface area contributed by atoms with Crippen molar-refractivity contribution in [2.24, 2.45) is 5.92 Å². The minimum absolute atomic E-state index is 0.00970. The van der Waals surface area contributed by atoms with Crippen molar-refractivity contribution in [1.82, 2.24) is 0 Å². The van der Waals surface area contributed by atoms with E-state index in [0.717, 1.165) is 12.0 Å². The lowest BCUT2D eigenvalue weighted by atomic mass is 10.1. The fraction of sp³-hybridized carbons (Fsp3) is 0.429. The van der Waals surface area contributed by atoms with Crippen LogP contribution in [0.5, 0.6) is 5.75 Å². The first-order chi connectivity index (χ1) is 8.61. The molecule has 1 fully saturated rings. The second kappa shape index (κ2) is 5.21. The number of carbonyl (C=O) groups excluding carboxylic acids is 2. The van der Waals surface area contributed by atoms with Gasteiger partial charge in [-0.3, -0.25) is 9.59 Å². The fourth-order valence-corrected chi connectivity index (χ4v) is 2.02. The van der Waals surface area contributed by atoms with Gasteiger partial charge in [-0.25, -0.2) is 0 Å². The van der Waals surface area contributed by atoms with Crippen LogP contribution in [0.3, 0.4) is 0 Å². The third-order valence-corrected chi connectivity index (χ3v) is 2.95. The molecule has 96 valence electrons. The lowest BCUT2D eigenvalue weighted by molar-refractivity contribution is -0.144. The van der Waals surface area contributed by atoms with E-state index in [0.29, 0.717) is 12.4 Å².